The third-order valence-corrected chi connectivity index (χ3v) is 2.91. The zero-order chi connectivity index (χ0) is 11.5. The van der Waals surface area contributed by atoms with E-state index in [9.17, 15) is 9.90 Å². The van der Waals surface area contributed by atoms with Crippen molar-refractivity contribution in [2.24, 2.45) is 5.92 Å². The highest BCUT2D eigenvalue weighted by molar-refractivity contribution is 5.72. The zero-order valence-corrected chi connectivity index (χ0v) is 9.82. The van der Waals surface area contributed by atoms with Gasteiger partial charge < -0.3 is 9.84 Å². The molecule has 0 bridgehead atoms. The minimum absolute atomic E-state index is 0.105. The zero-order valence-electron chi connectivity index (χ0n) is 9.82. The van der Waals surface area contributed by atoms with Crippen LogP contribution in [0.15, 0.2) is 0 Å². The van der Waals surface area contributed by atoms with E-state index in [-0.39, 0.29) is 11.9 Å². The maximum absolute atomic E-state index is 11.3. The number of carbonyl (C=O) groups is 1. The van der Waals surface area contributed by atoms with Crippen molar-refractivity contribution in [2.45, 2.75) is 32.8 Å². The van der Waals surface area contributed by atoms with Gasteiger partial charge in [0.1, 0.15) is 0 Å². The Balaban J connectivity index is 2.24. The van der Waals surface area contributed by atoms with Crippen molar-refractivity contribution in [3.8, 4) is 0 Å². The summed E-state index contributed by atoms with van der Waals surface area (Å²) in [5, 5.41) is 9.79. The molecule has 1 N–H and O–H groups in total. The Morgan fingerprint density at radius 2 is 2.13 bits per heavy atom. The fourth-order valence-electron chi connectivity index (χ4n) is 1.89. The highest BCUT2D eigenvalue weighted by Crippen LogP contribution is 2.24. The first kappa shape index (κ1) is 12.5. The van der Waals surface area contributed by atoms with Crippen LogP contribution in [0.5, 0.6) is 0 Å². The number of hydrogen-bond donors (Lipinski definition) is 1. The monoisotopic (exact) mass is 215 g/mol. The summed E-state index contributed by atoms with van der Waals surface area (Å²) in [4.78, 5) is 13.4. The Hall–Kier alpha value is -0.610. The summed E-state index contributed by atoms with van der Waals surface area (Å²) in [5.74, 6) is -0.254. The molecule has 1 aliphatic heterocycles. The van der Waals surface area contributed by atoms with E-state index in [4.69, 9.17) is 4.74 Å². The SMILES string of the molecule is CCOC(=O)C(C)CN1CC(O)(CC)C1. The summed E-state index contributed by atoms with van der Waals surface area (Å²) in [6.45, 7) is 8.11. The first-order chi connectivity index (χ1) is 7.00. The van der Waals surface area contributed by atoms with E-state index >= 15 is 0 Å². The molecule has 1 rings (SSSR count). The van der Waals surface area contributed by atoms with Gasteiger partial charge in [-0.3, -0.25) is 9.69 Å². The van der Waals surface area contributed by atoms with Crippen LogP contribution >= 0.6 is 0 Å². The lowest BCUT2D eigenvalue weighted by Crippen LogP contribution is -2.62. The molecule has 1 fully saturated rings. The fourth-order valence-corrected chi connectivity index (χ4v) is 1.89. The normalized spacial score (nSPS) is 21.9. The van der Waals surface area contributed by atoms with Crippen LogP contribution in [0.1, 0.15) is 27.2 Å². The van der Waals surface area contributed by atoms with Crippen LogP contribution in [0, 0.1) is 5.92 Å². The molecule has 0 radical (unpaired) electrons. The molecule has 0 aromatic heterocycles. The lowest BCUT2D eigenvalue weighted by atomic mass is 9.90. The van der Waals surface area contributed by atoms with Gasteiger partial charge in [-0.15, -0.1) is 0 Å². The predicted octanol–water partition coefficient (Wildman–Crippen LogP) is 0.642. The summed E-state index contributed by atoms with van der Waals surface area (Å²) >= 11 is 0. The van der Waals surface area contributed by atoms with Crippen LogP contribution < -0.4 is 0 Å². The molecule has 1 heterocycles. The molecule has 1 unspecified atom stereocenters. The molecule has 0 aromatic rings. The summed E-state index contributed by atoms with van der Waals surface area (Å²) in [5.41, 5.74) is -0.519. The average molecular weight is 215 g/mol. The summed E-state index contributed by atoms with van der Waals surface area (Å²) in [6.07, 6.45) is 0.775. The van der Waals surface area contributed by atoms with E-state index in [1.165, 1.54) is 0 Å². The van der Waals surface area contributed by atoms with Crippen molar-refractivity contribution >= 4 is 5.97 Å². The maximum atomic E-state index is 11.3. The van der Waals surface area contributed by atoms with Crippen molar-refractivity contribution in [3.63, 3.8) is 0 Å². The molecule has 0 amide bonds. The van der Waals surface area contributed by atoms with Crippen molar-refractivity contribution in [1.82, 2.24) is 4.90 Å². The van der Waals surface area contributed by atoms with Crippen LogP contribution in [0.25, 0.3) is 0 Å². The lowest BCUT2D eigenvalue weighted by Gasteiger charge is -2.46. The predicted molar refractivity (Wildman–Crippen MR) is 57.5 cm³/mol. The molecular formula is C11H21NO3. The Kier molecular flexibility index (Phi) is 4.11. The van der Waals surface area contributed by atoms with Gasteiger partial charge in [0.15, 0.2) is 0 Å². The van der Waals surface area contributed by atoms with Gasteiger partial charge >= 0.3 is 5.97 Å². The van der Waals surface area contributed by atoms with Gasteiger partial charge in [0.05, 0.1) is 18.1 Å². The number of rotatable bonds is 5. The molecule has 0 saturated carbocycles. The molecule has 88 valence electrons. The number of likely N-dealkylation sites (tertiary alicyclic amines) is 1. The molecule has 4 heteroatoms. The second-order valence-corrected chi connectivity index (χ2v) is 4.40. The van der Waals surface area contributed by atoms with Gasteiger partial charge in [-0.2, -0.15) is 0 Å². The molecule has 0 aromatic carbocycles. The number of esters is 1. The highest BCUT2D eigenvalue weighted by Gasteiger charge is 2.40. The quantitative estimate of drug-likeness (QED) is 0.684. The number of carbonyl (C=O) groups excluding carboxylic acids is 1. The van der Waals surface area contributed by atoms with Gasteiger partial charge in [0.2, 0.25) is 0 Å². The summed E-state index contributed by atoms with van der Waals surface area (Å²) in [7, 11) is 0. The van der Waals surface area contributed by atoms with Gasteiger partial charge in [-0.05, 0) is 13.3 Å². The van der Waals surface area contributed by atoms with Crippen LogP contribution in [0.2, 0.25) is 0 Å². The number of ether oxygens (including phenoxy) is 1. The molecule has 0 spiro atoms. The van der Waals surface area contributed by atoms with Crippen LogP contribution in [-0.2, 0) is 9.53 Å². The average Bonchev–Trinajstić information content (AvgIpc) is 2.15. The van der Waals surface area contributed by atoms with Crippen molar-refractivity contribution in [2.75, 3.05) is 26.2 Å². The molecular weight excluding hydrogens is 194 g/mol. The van der Waals surface area contributed by atoms with E-state index in [0.29, 0.717) is 26.2 Å². The first-order valence-corrected chi connectivity index (χ1v) is 5.62. The van der Waals surface area contributed by atoms with Crippen molar-refractivity contribution in [3.05, 3.63) is 0 Å². The Morgan fingerprint density at radius 3 is 2.60 bits per heavy atom. The minimum atomic E-state index is -0.519. The standard InChI is InChI=1S/C11H21NO3/c1-4-11(14)7-12(8-11)6-9(3)10(13)15-5-2/h9,14H,4-8H2,1-3H3. The number of nitrogens with zero attached hydrogens (tertiary/aromatic N) is 1. The van der Waals surface area contributed by atoms with Gasteiger partial charge in [-0.25, -0.2) is 0 Å². The van der Waals surface area contributed by atoms with E-state index in [1.54, 1.807) is 0 Å². The Labute approximate surface area is 91.2 Å². The van der Waals surface area contributed by atoms with Gasteiger partial charge in [0, 0.05) is 19.6 Å². The second kappa shape index (κ2) is 4.94. The smallest absolute Gasteiger partial charge is 0.309 e. The summed E-state index contributed by atoms with van der Waals surface area (Å²) < 4.78 is 4.92. The van der Waals surface area contributed by atoms with Gasteiger partial charge in [-0.1, -0.05) is 13.8 Å². The van der Waals surface area contributed by atoms with Crippen LogP contribution in [0.3, 0.4) is 0 Å². The first-order valence-electron chi connectivity index (χ1n) is 5.62. The number of aliphatic hydroxyl groups is 1. The summed E-state index contributed by atoms with van der Waals surface area (Å²) in [6, 6.07) is 0. The molecule has 4 nitrogen and oxygen atoms in total. The maximum Gasteiger partial charge on any atom is 0.309 e. The van der Waals surface area contributed by atoms with Gasteiger partial charge in [0.25, 0.3) is 0 Å². The largest absolute Gasteiger partial charge is 0.466 e. The van der Waals surface area contributed by atoms with Crippen LogP contribution in [-0.4, -0.2) is 47.8 Å². The van der Waals surface area contributed by atoms with Crippen LogP contribution in [0.4, 0.5) is 0 Å². The third kappa shape index (κ3) is 3.18. The van der Waals surface area contributed by atoms with Crippen molar-refractivity contribution < 1.29 is 14.6 Å². The minimum Gasteiger partial charge on any atom is -0.466 e. The Bertz CT molecular complexity index is 224. The Morgan fingerprint density at radius 1 is 1.53 bits per heavy atom. The molecule has 1 saturated heterocycles. The van der Waals surface area contributed by atoms with E-state index < -0.39 is 5.60 Å². The molecule has 15 heavy (non-hydrogen) atoms. The fraction of sp³-hybridized carbons (Fsp3) is 0.909. The lowest BCUT2D eigenvalue weighted by molar-refractivity contribution is -0.151. The number of hydrogen-bond acceptors (Lipinski definition) is 4. The molecule has 1 aliphatic rings. The van der Waals surface area contributed by atoms with E-state index in [2.05, 4.69) is 4.90 Å². The molecule has 0 aliphatic carbocycles. The van der Waals surface area contributed by atoms with Crippen molar-refractivity contribution in [1.29, 1.82) is 0 Å². The van der Waals surface area contributed by atoms with E-state index in [0.717, 1.165) is 6.42 Å². The third-order valence-electron chi connectivity index (χ3n) is 2.91. The highest BCUT2D eigenvalue weighted by atomic mass is 16.5. The second-order valence-electron chi connectivity index (χ2n) is 4.40. The number of β-amino-alcohol motifs (C(OH)–C–C–N with tert-alkyl or cyclic N) is 1. The topological polar surface area (TPSA) is 49.8 Å². The molecule has 1 atom stereocenters. The van der Waals surface area contributed by atoms with E-state index in [1.807, 2.05) is 20.8 Å².